The minimum Gasteiger partial charge on any atom is -0.490 e. The molecule has 0 spiro atoms. The van der Waals surface area contributed by atoms with Crippen LogP contribution >= 0.6 is 12.4 Å². The fraction of sp³-hybridized carbons (Fsp3) is 0.444. The number of nitrogens with zero attached hydrogens (tertiary/aromatic N) is 1. The lowest BCUT2D eigenvalue weighted by molar-refractivity contribution is -0.136. The average molecular weight is 394 g/mol. The smallest absolute Gasteiger partial charge is 0.262 e. The molecule has 2 saturated heterocycles. The van der Waals surface area contributed by atoms with Crippen LogP contribution in [0.5, 0.6) is 5.75 Å². The molecule has 4 rings (SSSR count). The summed E-state index contributed by atoms with van der Waals surface area (Å²) in [5.41, 5.74) is 0.503. The van der Waals surface area contributed by atoms with Gasteiger partial charge in [0.05, 0.1) is 11.1 Å². The second-order valence-electron chi connectivity index (χ2n) is 6.72. The Morgan fingerprint density at radius 3 is 2.37 bits per heavy atom. The summed E-state index contributed by atoms with van der Waals surface area (Å²) in [4.78, 5) is 49.7. The van der Waals surface area contributed by atoms with Crippen molar-refractivity contribution < 1.29 is 23.9 Å². The maximum Gasteiger partial charge on any atom is 0.262 e. The van der Waals surface area contributed by atoms with Crippen molar-refractivity contribution >= 4 is 36.0 Å². The molecule has 2 fully saturated rings. The number of hydrogen-bond donors (Lipinski definition) is 2. The molecule has 3 heterocycles. The van der Waals surface area contributed by atoms with Crippen molar-refractivity contribution in [3.05, 3.63) is 29.3 Å². The summed E-state index contributed by atoms with van der Waals surface area (Å²) in [6, 6.07) is 3.87. The third-order valence-electron chi connectivity index (χ3n) is 5.00. The lowest BCUT2D eigenvalue weighted by Gasteiger charge is -2.27. The van der Waals surface area contributed by atoms with E-state index in [2.05, 4.69) is 10.6 Å². The molecule has 144 valence electrons. The number of hydrogen-bond acceptors (Lipinski definition) is 6. The van der Waals surface area contributed by atoms with Gasteiger partial charge < -0.3 is 10.1 Å². The molecule has 0 saturated carbocycles. The van der Waals surface area contributed by atoms with E-state index in [1.54, 1.807) is 18.2 Å². The third-order valence-corrected chi connectivity index (χ3v) is 5.00. The molecule has 1 unspecified atom stereocenters. The van der Waals surface area contributed by atoms with Gasteiger partial charge in [0, 0.05) is 6.42 Å². The van der Waals surface area contributed by atoms with Gasteiger partial charge in [0.2, 0.25) is 11.8 Å². The third kappa shape index (κ3) is 3.54. The maximum absolute atomic E-state index is 12.8. The highest BCUT2D eigenvalue weighted by Gasteiger charge is 2.44. The molecular formula is C18H20ClN3O5. The van der Waals surface area contributed by atoms with E-state index < -0.39 is 23.8 Å². The second kappa shape index (κ2) is 7.66. The maximum atomic E-state index is 12.8. The second-order valence-corrected chi connectivity index (χ2v) is 6.72. The molecule has 1 aromatic rings. The molecule has 0 radical (unpaired) electrons. The van der Waals surface area contributed by atoms with Gasteiger partial charge >= 0.3 is 0 Å². The van der Waals surface area contributed by atoms with Crippen LogP contribution in [0.25, 0.3) is 0 Å². The van der Waals surface area contributed by atoms with Crippen LogP contribution in [-0.4, -0.2) is 53.8 Å². The number of nitrogens with one attached hydrogen (secondary N) is 2. The zero-order valence-electron chi connectivity index (χ0n) is 14.5. The predicted octanol–water partition coefficient (Wildman–Crippen LogP) is 0.640. The Labute approximate surface area is 162 Å². The zero-order valence-corrected chi connectivity index (χ0v) is 15.3. The molecule has 1 aromatic carbocycles. The Balaban J connectivity index is 0.00000210. The summed E-state index contributed by atoms with van der Waals surface area (Å²) in [5, 5.41) is 5.44. The van der Waals surface area contributed by atoms with Crippen LogP contribution in [-0.2, 0) is 9.59 Å². The lowest BCUT2D eigenvalue weighted by atomic mass is 10.0. The van der Waals surface area contributed by atoms with Crippen molar-refractivity contribution in [2.45, 2.75) is 37.8 Å². The van der Waals surface area contributed by atoms with E-state index in [-0.39, 0.29) is 48.4 Å². The van der Waals surface area contributed by atoms with Gasteiger partial charge in [-0.05, 0) is 50.6 Å². The number of benzene rings is 1. The summed E-state index contributed by atoms with van der Waals surface area (Å²) in [6.07, 6.45) is 2.09. The number of halogens is 1. The Kier molecular flexibility index (Phi) is 5.48. The van der Waals surface area contributed by atoms with Gasteiger partial charge in [-0.25, -0.2) is 0 Å². The molecule has 27 heavy (non-hydrogen) atoms. The van der Waals surface area contributed by atoms with Gasteiger partial charge in [-0.3, -0.25) is 29.4 Å². The monoisotopic (exact) mass is 393 g/mol. The van der Waals surface area contributed by atoms with Crippen molar-refractivity contribution in [3.8, 4) is 5.75 Å². The van der Waals surface area contributed by atoms with E-state index in [1.165, 1.54) is 0 Å². The molecule has 8 nitrogen and oxygen atoms in total. The van der Waals surface area contributed by atoms with Crippen LogP contribution in [0.2, 0.25) is 0 Å². The highest BCUT2D eigenvalue weighted by atomic mass is 35.5. The fourth-order valence-corrected chi connectivity index (χ4v) is 3.63. The minimum atomic E-state index is -0.950. The van der Waals surface area contributed by atoms with E-state index in [1.807, 2.05) is 0 Å². The van der Waals surface area contributed by atoms with E-state index in [0.717, 1.165) is 30.8 Å². The van der Waals surface area contributed by atoms with Gasteiger partial charge in [-0.1, -0.05) is 0 Å². The SMILES string of the molecule is Cl.O=C1CCC(N2C(=O)c3ccc(OC4CCNCC4)cc3C2=O)C(=O)N1. The fourth-order valence-electron chi connectivity index (χ4n) is 3.63. The summed E-state index contributed by atoms with van der Waals surface area (Å²) >= 11 is 0. The van der Waals surface area contributed by atoms with Gasteiger partial charge in [-0.2, -0.15) is 0 Å². The van der Waals surface area contributed by atoms with E-state index in [9.17, 15) is 19.2 Å². The molecule has 2 N–H and O–H groups in total. The average Bonchev–Trinajstić information content (AvgIpc) is 2.87. The van der Waals surface area contributed by atoms with Crippen LogP contribution in [0, 0.1) is 0 Å². The van der Waals surface area contributed by atoms with Crippen molar-refractivity contribution in [3.63, 3.8) is 0 Å². The number of amides is 4. The van der Waals surface area contributed by atoms with Crippen molar-refractivity contribution in [2.75, 3.05) is 13.1 Å². The van der Waals surface area contributed by atoms with Crippen LogP contribution in [0.1, 0.15) is 46.4 Å². The molecule has 9 heteroatoms. The standard InChI is InChI=1S/C18H19N3O5.ClH/c22-15-4-3-14(16(23)20-15)21-17(24)12-2-1-11(9-13(12)18(21)25)26-10-5-7-19-8-6-10;/h1-2,9-10,14,19H,3-8H2,(H,20,22,23);1H. The molecule has 1 atom stereocenters. The number of imide groups is 2. The molecule has 0 aliphatic carbocycles. The number of rotatable bonds is 3. The van der Waals surface area contributed by atoms with Crippen LogP contribution in [0.3, 0.4) is 0 Å². The summed E-state index contributed by atoms with van der Waals surface area (Å²) in [5.74, 6) is -1.48. The first-order chi connectivity index (χ1) is 12.5. The van der Waals surface area contributed by atoms with Gasteiger partial charge in [0.15, 0.2) is 0 Å². The Morgan fingerprint density at radius 1 is 0.963 bits per heavy atom. The summed E-state index contributed by atoms with van der Waals surface area (Å²) in [6.45, 7) is 1.77. The molecule has 3 aliphatic heterocycles. The molecular weight excluding hydrogens is 374 g/mol. The van der Waals surface area contributed by atoms with Crippen molar-refractivity contribution in [1.82, 2.24) is 15.5 Å². The molecule has 4 amide bonds. The number of piperidine rings is 2. The molecule has 3 aliphatic rings. The first-order valence-electron chi connectivity index (χ1n) is 8.77. The van der Waals surface area contributed by atoms with Crippen molar-refractivity contribution in [1.29, 1.82) is 0 Å². The van der Waals surface area contributed by atoms with E-state index in [4.69, 9.17) is 4.74 Å². The Hall–Kier alpha value is -2.45. The van der Waals surface area contributed by atoms with E-state index >= 15 is 0 Å². The van der Waals surface area contributed by atoms with Gasteiger partial charge in [0.25, 0.3) is 11.8 Å². The van der Waals surface area contributed by atoms with Gasteiger partial charge in [-0.15, -0.1) is 12.4 Å². The summed E-state index contributed by atoms with van der Waals surface area (Å²) in [7, 11) is 0. The van der Waals surface area contributed by atoms with Crippen molar-refractivity contribution in [2.24, 2.45) is 0 Å². The summed E-state index contributed by atoms with van der Waals surface area (Å²) < 4.78 is 5.93. The lowest BCUT2D eigenvalue weighted by Crippen LogP contribution is -2.54. The predicted molar refractivity (Wildman–Crippen MR) is 96.9 cm³/mol. The topological polar surface area (TPSA) is 105 Å². The highest BCUT2D eigenvalue weighted by molar-refractivity contribution is 6.23. The Morgan fingerprint density at radius 2 is 1.67 bits per heavy atom. The highest BCUT2D eigenvalue weighted by Crippen LogP contribution is 2.30. The quantitative estimate of drug-likeness (QED) is 0.730. The molecule has 0 bridgehead atoms. The largest absolute Gasteiger partial charge is 0.490 e. The van der Waals surface area contributed by atoms with Crippen LogP contribution < -0.4 is 15.4 Å². The Bertz CT molecular complexity index is 806. The van der Waals surface area contributed by atoms with Crippen LogP contribution in [0.15, 0.2) is 18.2 Å². The minimum absolute atomic E-state index is 0. The van der Waals surface area contributed by atoms with E-state index in [0.29, 0.717) is 5.75 Å². The normalized spacial score (nSPS) is 23.0. The first-order valence-corrected chi connectivity index (χ1v) is 8.77. The number of carbonyl (C=O) groups excluding carboxylic acids is 4. The number of fused-ring (bicyclic) bond motifs is 1. The number of ether oxygens (including phenoxy) is 1. The number of carbonyl (C=O) groups is 4. The van der Waals surface area contributed by atoms with Gasteiger partial charge in [0.1, 0.15) is 17.9 Å². The first kappa shape index (κ1) is 19.3. The molecule has 0 aromatic heterocycles. The zero-order chi connectivity index (χ0) is 18.3. The van der Waals surface area contributed by atoms with Crippen LogP contribution in [0.4, 0.5) is 0 Å².